The zero-order valence-electron chi connectivity index (χ0n) is 11.0. The highest BCUT2D eigenvalue weighted by Crippen LogP contribution is 2.18. The maximum absolute atomic E-state index is 11.3. The summed E-state index contributed by atoms with van der Waals surface area (Å²) in [6.45, 7) is 3.09. The Hall–Kier alpha value is -1.41. The van der Waals surface area contributed by atoms with Gasteiger partial charge in [0.25, 0.3) is 9.05 Å². The van der Waals surface area contributed by atoms with Gasteiger partial charge in [0, 0.05) is 29.8 Å². The van der Waals surface area contributed by atoms with Crippen LogP contribution < -0.4 is 0 Å². The van der Waals surface area contributed by atoms with E-state index in [4.69, 9.17) is 10.7 Å². The SMILES string of the molecule is Cc1nc(S(=O)(=O)Cl)cn1Cc1nnc2n1CCCC2. The fourth-order valence-electron chi connectivity index (χ4n) is 2.39. The lowest BCUT2D eigenvalue weighted by molar-refractivity contribution is 0.500. The normalized spacial score (nSPS) is 15.3. The van der Waals surface area contributed by atoms with Crippen molar-refractivity contribution < 1.29 is 8.42 Å². The molecule has 9 heteroatoms. The molecule has 0 saturated carbocycles. The molecule has 0 fully saturated rings. The fourth-order valence-corrected chi connectivity index (χ4v) is 3.11. The van der Waals surface area contributed by atoms with E-state index in [1.165, 1.54) is 6.20 Å². The second-order valence-electron chi connectivity index (χ2n) is 4.83. The summed E-state index contributed by atoms with van der Waals surface area (Å²) in [5.41, 5.74) is 0. The predicted octanol–water partition coefficient (Wildman–Crippen LogP) is 1.10. The van der Waals surface area contributed by atoms with E-state index in [9.17, 15) is 8.42 Å². The van der Waals surface area contributed by atoms with Crippen LogP contribution in [0.15, 0.2) is 11.2 Å². The maximum Gasteiger partial charge on any atom is 0.280 e. The summed E-state index contributed by atoms with van der Waals surface area (Å²) in [4.78, 5) is 3.96. The highest BCUT2D eigenvalue weighted by molar-refractivity contribution is 8.13. The molecular weight excluding hydrogens is 302 g/mol. The molecule has 2 aromatic heterocycles. The number of fused-ring (bicyclic) bond motifs is 1. The zero-order chi connectivity index (χ0) is 14.3. The predicted molar refractivity (Wildman–Crippen MR) is 72.1 cm³/mol. The Morgan fingerprint density at radius 3 is 2.85 bits per heavy atom. The average molecular weight is 316 g/mol. The number of hydrogen-bond acceptors (Lipinski definition) is 5. The first kappa shape index (κ1) is 13.6. The maximum atomic E-state index is 11.3. The van der Waals surface area contributed by atoms with Crippen molar-refractivity contribution in [1.29, 1.82) is 0 Å². The number of aromatic nitrogens is 5. The van der Waals surface area contributed by atoms with Crippen LogP contribution in [0.1, 0.15) is 30.3 Å². The molecule has 2 aromatic rings. The third-order valence-electron chi connectivity index (χ3n) is 3.45. The minimum Gasteiger partial charge on any atom is -0.326 e. The molecule has 0 spiro atoms. The second kappa shape index (κ2) is 4.85. The van der Waals surface area contributed by atoms with Crippen molar-refractivity contribution in [3.63, 3.8) is 0 Å². The Bertz CT molecular complexity index is 749. The highest BCUT2D eigenvalue weighted by Gasteiger charge is 2.19. The van der Waals surface area contributed by atoms with Crippen LogP contribution in [0.3, 0.4) is 0 Å². The van der Waals surface area contributed by atoms with Crippen LogP contribution in [0.25, 0.3) is 0 Å². The number of hydrogen-bond donors (Lipinski definition) is 0. The highest BCUT2D eigenvalue weighted by atomic mass is 35.7. The molecule has 108 valence electrons. The molecular formula is C11H14ClN5O2S. The lowest BCUT2D eigenvalue weighted by Crippen LogP contribution is -2.15. The van der Waals surface area contributed by atoms with E-state index in [0.717, 1.165) is 37.5 Å². The van der Waals surface area contributed by atoms with Crippen molar-refractivity contribution in [3.8, 4) is 0 Å². The third-order valence-corrected chi connectivity index (χ3v) is 4.62. The van der Waals surface area contributed by atoms with E-state index in [2.05, 4.69) is 19.7 Å². The van der Waals surface area contributed by atoms with Crippen molar-refractivity contribution in [2.75, 3.05) is 0 Å². The average Bonchev–Trinajstić information content (AvgIpc) is 2.95. The lowest BCUT2D eigenvalue weighted by atomic mass is 10.2. The number of halogens is 1. The van der Waals surface area contributed by atoms with E-state index >= 15 is 0 Å². The van der Waals surface area contributed by atoms with Gasteiger partial charge in [0.05, 0.1) is 6.54 Å². The van der Waals surface area contributed by atoms with Gasteiger partial charge in [-0.05, 0) is 19.8 Å². The smallest absolute Gasteiger partial charge is 0.280 e. The topological polar surface area (TPSA) is 82.7 Å². The summed E-state index contributed by atoms with van der Waals surface area (Å²) in [5, 5.41) is 8.23. The van der Waals surface area contributed by atoms with E-state index in [0.29, 0.717) is 12.4 Å². The van der Waals surface area contributed by atoms with Gasteiger partial charge in [0.1, 0.15) is 11.6 Å². The molecule has 20 heavy (non-hydrogen) atoms. The first-order valence-corrected chi connectivity index (χ1v) is 8.65. The van der Waals surface area contributed by atoms with E-state index in [1.807, 2.05) is 0 Å². The number of aryl methyl sites for hydroxylation is 2. The summed E-state index contributed by atoms with van der Waals surface area (Å²) >= 11 is 0. The van der Waals surface area contributed by atoms with Gasteiger partial charge in [-0.3, -0.25) is 0 Å². The molecule has 1 aliphatic rings. The van der Waals surface area contributed by atoms with E-state index in [1.54, 1.807) is 11.5 Å². The standard InChI is InChI=1S/C11H14ClN5O2S/c1-8-13-11(20(12,18)19)7-16(8)6-10-15-14-9-4-2-3-5-17(9)10/h7H,2-6H2,1H3. The molecule has 0 bridgehead atoms. The second-order valence-corrected chi connectivity index (χ2v) is 7.35. The monoisotopic (exact) mass is 315 g/mol. The number of imidazole rings is 1. The van der Waals surface area contributed by atoms with Gasteiger partial charge in [0.15, 0.2) is 10.9 Å². The Balaban J connectivity index is 1.92. The lowest BCUT2D eigenvalue weighted by Gasteiger charge is -2.15. The van der Waals surface area contributed by atoms with Crippen LogP contribution in [0.5, 0.6) is 0 Å². The quantitative estimate of drug-likeness (QED) is 0.792. The van der Waals surface area contributed by atoms with Gasteiger partial charge < -0.3 is 9.13 Å². The molecule has 1 aliphatic heterocycles. The molecule has 0 aliphatic carbocycles. The van der Waals surface area contributed by atoms with Crippen LogP contribution in [0, 0.1) is 6.92 Å². The van der Waals surface area contributed by atoms with Crippen molar-refractivity contribution in [2.24, 2.45) is 0 Å². The van der Waals surface area contributed by atoms with Gasteiger partial charge in [-0.2, -0.15) is 0 Å². The van der Waals surface area contributed by atoms with Crippen molar-refractivity contribution in [2.45, 2.75) is 44.3 Å². The van der Waals surface area contributed by atoms with Gasteiger partial charge in [0.2, 0.25) is 0 Å². The van der Waals surface area contributed by atoms with Crippen molar-refractivity contribution in [1.82, 2.24) is 24.3 Å². The Labute approximate surface area is 121 Å². The molecule has 0 aromatic carbocycles. The van der Waals surface area contributed by atoms with Crippen molar-refractivity contribution >= 4 is 19.7 Å². The van der Waals surface area contributed by atoms with E-state index < -0.39 is 9.05 Å². The van der Waals surface area contributed by atoms with Crippen molar-refractivity contribution in [3.05, 3.63) is 23.7 Å². The van der Waals surface area contributed by atoms with Gasteiger partial charge in [-0.15, -0.1) is 10.2 Å². The first-order chi connectivity index (χ1) is 9.45. The van der Waals surface area contributed by atoms with Crippen LogP contribution in [0.4, 0.5) is 0 Å². The van der Waals surface area contributed by atoms with Gasteiger partial charge in [-0.1, -0.05) is 0 Å². The number of nitrogens with zero attached hydrogens (tertiary/aromatic N) is 5. The zero-order valence-corrected chi connectivity index (χ0v) is 12.5. The largest absolute Gasteiger partial charge is 0.326 e. The third kappa shape index (κ3) is 2.45. The summed E-state index contributed by atoms with van der Waals surface area (Å²) in [6.07, 6.45) is 4.62. The Kier molecular flexibility index (Phi) is 3.29. The summed E-state index contributed by atoms with van der Waals surface area (Å²) in [7, 11) is 1.50. The summed E-state index contributed by atoms with van der Waals surface area (Å²) < 4.78 is 26.4. The van der Waals surface area contributed by atoms with Gasteiger partial charge >= 0.3 is 0 Å². The molecule has 0 amide bonds. The molecule has 7 nitrogen and oxygen atoms in total. The van der Waals surface area contributed by atoms with Crippen LogP contribution in [-0.4, -0.2) is 32.7 Å². The molecule has 0 unspecified atom stereocenters. The molecule has 0 radical (unpaired) electrons. The molecule has 0 atom stereocenters. The minimum atomic E-state index is -3.80. The Morgan fingerprint density at radius 1 is 1.35 bits per heavy atom. The molecule has 0 N–H and O–H groups in total. The molecule has 3 heterocycles. The molecule has 0 saturated heterocycles. The summed E-state index contributed by atoms with van der Waals surface area (Å²) in [6, 6.07) is 0. The number of rotatable bonds is 3. The van der Waals surface area contributed by atoms with Crippen LogP contribution >= 0.6 is 10.7 Å². The van der Waals surface area contributed by atoms with Gasteiger partial charge in [-0.25, -0.2) is 13.4 Å². The van der Waals surface area contributed by atoms with Crippen LogP contribution in [-0.2, 0) is 28.6 Å². The van der Waals surface area contributed by atoms with E-state index in [-0.39, 0.29) is 5.03 Å². The Morgan fingerprint density at radius 2 is 2.15 bits per heavy atom. The van der Waals surface area contributed by atoms with Crippen LogP contribution in [0.2, 0.25) is 0 Å². The molecule has 3 rings (SSSR count). The minimum absolute atomic E-state index is 0.130. The summed E-state index contributed by atoms with van der Waals surface area (Å²) in [5.74, 6) is 2.39. The first-order valence-electron chi connectivity index (χ1n) is 6.34. The fraction of sp³-hybridized carbons (Fsp3) is 0.545.